The third-order valence-corrected chi connectivity index (χ3v) is 4.12. The standard InChI is InChI=1S/C18H19N5O/c19-8-7-15-4-1-5-16(14-15)18(24)23-11-3-10-22(12-13-23)17-6-2-9-20-21-17/h1-2,4-6,9,14H,3,7,10-13H2. The minimum absolute atomic E-state index is 0.0239. The summed E-state index contributed by atoms with van der Waals surface area (Å²) in [5.41, 5.74) is 1.52. The van der Waals surface area contributed by atoms with Crippen molar-refractivity contribution in [3.63, 3.8) is 0 Å². The molecule has 6 heteroatoms. The molecule has 0 aliphatic carbocycles. The molecule has 0 saturated carbocycles. The van der Waals surface area contributed by atoms with Gasteiger partial charge in [-0.2, -0.15) is 10.4 Å². The number of hydrogen-bond donors (Lipinski definition) is 0. The first-order valence-electron chi connectivity index (χ1n) is 8.06. The van der Waals surface area contributed by atoms with Crippen molar-refractivity contribution in [2.24, 2.45) is 0 Å². The highest BCUT2D eigenvalue weighted by Gasteiger charge is 2.21. The van der Waals surface area contributed by atoms with Crippen LogP contribution in [0.1, 0.15) is 22.3 Å². The number of aromatic nitrogens is 2. The van der Waals surface area contributed by atoms with E-state index in [1.165, 1.54) is 0 Å². The van der Waals surface area contributed by atoms with Crippen molar-refractivity contribution in [1.29, 1.82) is 5.26 Å². The van der Waals surface area contributed by atoms with E-state index in [1.54, 1.807) is 6.20 Å². The molecule has 122 valence electrons. The Hall–Kier alpha value is -2.94. The Bertz CT molecular complexity index is 741. The lowest BCUT2D eigenvalue weighted by Crippen LogP contribution is -2.35. The normalized spacial score (nSPS) is 14.8. The highest BCUT2D eigenvalue weighted by Crippen LogP contribution is 2.15. The number of anilines is 1. The van der Waals surface area contributed by atoms with Crippen LogP contribution in [-0.4, -0.2) is 47.2 Å². The van der Waals surface area contributed by atoms with E-state index in [0.717, 1.165) is 37.4 Å². The molecule has 0 atom stereocenters. The van der Waals surface area contributed by atoms with Crippen LogP contribution in [0, 0.1) is 11.3 Å². The molecule has 1 aliphatic heterocycles. The molecule has 1 fully saturated rings. The van der Waals surface area contributed by atoms with Crippen LogP contribution in [0.2, 0.25) is 0 Å². The zero-order valence-corrected chi connectivity index (χ0v) is 13.4. The summed E-state index contributed by atoms with van der Waals surface area (Å²) in [4.78, 5) is 16.8. The van der Waals surface area contributed by atoms with Crippen LogP contribution in [-0.2, 0) is 6.42 Å². The summed E-state index contributed by atoms with van der Waals surface area (Å²) in [5.74, 6) is 0.874. The molecule has 1 aromatic heterocycles. The van der Waals surface area contributed by atoms with Crippen LogP contribution in [0.3, 0.4) is 0 Å². The molecule has 1 aliphatic rings. The third kappa shape index (κ3) is 3.69. The van der Waals surface area contributed by atoms with E-state index < -0.39 is 0 Å². The molecule has 3 rings (SSSR count). The van der Waals surface area contributed by atoms with Crippen LogP contribution in [0.5, 0.6) is 0 Å². The predicted molar refractivity (Wildman–Crippen MR) is 90.5 cm³/mol. The highest BCUT2D eigenvalue weighted by atomic mass is 16.2. The molecular weight excluding hydrogens is 302 g/mol. The maximum atomic E-state index is 12.7. The largest absolute Gasteiger partial charge is 0.353 e. The van der Waals surface area contributed by atoms with Gasteiger partial charge in [-0.05, 0) is 36.2 Å². The van der Waals surface area contributed by atoms with E-state index in [9.17, 15) is 4.79 Å². The first-order chi connectivity index (χ1) is 11.8. The molecule has 0 bridgehead atoms. The zero-order valence-electron chi connectivity index (χ0n) is 13.4. The van der Waals surface area contributed by atoms with Crippen LogP contribution >= 0.6 is 0 Å². The lowest BCUT2D eigenvalue weighted by atomic mass is 10.1. The fraction of sp³-hybridized carbons (Fsp3) is 0.333. The van der Waals surface area contributed by atoms with Gasteiger partial charge in [0.15, 0.2) is 5.82 Å². The maximum absolute atomic E-state index is 12.7. The third-order valence-electron chi connectivity index (χ3n) is 4.12. The van der Waals surface area contributed by atoms with Crippen LogP contribution in [0.25, 0.3) is 0 Å². The second-order valence-electron chi connectivity index (χ2n) is 5.75. The Morgan fingerprint density at radius 1 is 1.17 bits per heavy atom. The van der Waals surface area contributed by atoms with E-state index in [1.807, 2.05) is 41.3 Å². The van der Waals surface area contributed by atoms with Crippen molar-refractivity contribution < 1.29 is 4.79 Å². The van der Waals surface area contributed by atoms with Crippen molar-refractivity contribution in [2.45, 2.75) is 12.8 Å². The first kappa shape index (κ1) is 15.9. The van der Waals surface area contributed by atoms with Crippen molar-refractivity contribution in [3.8, 4) is 6.07 Å². The van der Waals surface area contributed by atoms with Crippen LogP contribution in [0.4, 0.5) is 5.82 Å². The first-order valence-corrected chi connectivity index (χ1v) is 8.06. The van der Waals surface area contributed by atoms with E-state index in [4.69, 9.17) is 5.26 Å². The molecule has 24 heavy (non-hydrogen) atoms. The number of nitriles is 1. The second-order valence-corrected chi connectivity index (χ2v) is 5.75. The van der Waals surface area contributed by atoms with Gasteiger partial charge in [-0.25, -0.2) is 0 Å². The summed E-state index contributed by atoms with van der Waals surface area (Å²) in [5, 5.41) is 16.9. The van der Waals surface area contributed by atoms with Crippen molar-refractivity contribution in [2.75, 3.05) is 31.1 Å². The topological polar surface area (TPSA) is 73.1 Å². The Morgan fingerprint density at radius 3 is 2.88 bits per heavy atom. The number of benzene rings is 1. The highest BCUT2D eigenvalue weighted by molar-refractivity contribution is 5.94. The summed E-state index contributed by atoms with van der Waals surface area (Å²) in [6, 6.07) is 13.3. The number of amides is 1. The van der Waals surface area contributed by atoms with Gasteiger partial charge in [0, 0.05) is 37.9 Å². The quantitative estimate of drug-likeness (QED) is 0.863. The SMILES string of the molecule is N#CCc1cccc(C(=O)N2CCCN(c3cccnn3)CC2)c1. The van der Waals surface area contributed by atoms with Gasteiger partial charge < -0.3 is 9.80 Å². The van der Waals surface area contributed by atoms with E-state index in [2.05, 4.69) is 21.2 Å². The number of rotatable bonds is 3. The molecule has 2 heterocycles. The molecular formula is C18H19N5O. The number of nitrogens with zero attached hydrogens (tertiary/aromatic N) is 5. The van der Waals surface area contributed by atoms with Gasteiger partial charge in [-0.3, -0.25) is 4.79 Å². The lowest BCUT2D eigenvalue weighted by molar-refractivity contribution is 0.0767. The molecule has 0 N–H and O–H groups in total. The second kappa shape index (κ2) is 7.55. The minimum Gasteiger partial charge on any atom is -0.353 e. The van der Waals surface area contributed by atoms with E-state index >= 15 is 0 Å². The van der Waals surface area contributed by atoms with Gasteiger partial charge in [0.2, 0.25) is 0 Å². The van der Waals surface area contributed by atoms with E-state index in [-0.39, 0.29) is 5.91 Å². The van der Waals surface area contributed by atoms with Gasteiger partial charge in [-0.15, -0.1) is 5.10 Å². The monoisotopic (exact) mass is 321 g/mol. The summed E-state index contributed by atoms with van der Waals surface area (Å²) in [6.45, 7) is 2.97. The maximum Gasteiger partial charge on any atom is 0.253 e. The molecule has 0 spiro atoms. The molecule has 0 radical (unpaired) electrons. The molecule has 2 aromatic rings. The molecule has 0 unspecified atom stereocenters. The fourth-order valence-corrected chi connectivity index (χ4v) is 2.90. The zero-order chi connectivity index (χ0) is 16.8. The minimum atomic E-state index is 0.0239. The Labute approximate surface area is 141 Å². The van der Waals surface area contributed by atoms with Gasteiger partial charge >= 0.3 is 0 Å². The average Bonchev–Trinajstić information content (AvgIpc) is 2.88. The number of carbonyl (C=O) groups is 1. The Morgan fingerprint density at radius 2 is 2.08 bits per heavy atom. The lowest BCUT2D eigenvalue weighted by Gasteiger charge is -2.22. The van der Waals surface area contributed by atoms with Gasteiger partial charge in [0.25, 0.3) is 5.91 Å². The molecule has 1 amide bonds. The smallest absolute Gasteiger partial charge is 0.253 e. The summed E-state index contributed by atoms with van der Waals surface area (Å²) in [6.07, 6.45) is 2.87. The molecule has 6 nitrogen and oxygen atoms in total. The van der Waals surface area contributed by atoms with Crippen molar-refractivity contribution in [1.82, 2.24) is 15.1 Å². The predicted octanol–water partition coefficient (Wildman–Crippen LogP) is 1.90. The van der Waals surface area contributed by atoms with Crippen molar-refractivity contribution >= 4 is 11.7 Å². The van der Waals surface area contributed by atoms with Gasteiger partial charge in [0.1, 0.15) is 0 Å². The van der Waals surface area contributed by atoms with Crippen molar-refractivity contribution in [3.05, 3.63) is 53.7 Å². The fourth-order valence-electron chi connectivity index (χ4n) is 2.90. The van der Waals surface area contributed by atoms with Gasteiger partial charge in [0.05, 0.1) is 12.5 Å². The Kier molecular flexibility index (Phi) is 5.02. The Balaban J connectivity index is 1.68. The number of carbonyl (C=O) groups excluding carboxylic acids is 1. The van der Waals surface area contributed by atoms with Gasteiger partial charge in [-0.1, -0.05) is 12.1 Å². The molecule has 1 saturated heterocycles. The summed E-state index contributed by atoms with van der Waals surface area (Å²) < 4.78 is 0. The summed E-state index contributed by atoms with van der Waals surface area (Å²) >= 11 is 0. The van der Waals surface area contributed by atoms with E-state index in [0.29, 0.717) is 18.5 Å². The van der Waals surface area contributed by atoms with Crippen LogP contribution in [0.15, 0.2) is 42.6 Å². The molecule has 1 aromatic carbocycles. The number of hydrogen-bond acceptors (Lipinski definition) is 5. The van der Waals surface area contributed by atoms with Crippen LogP contribution < -0.4 is 4.90 Å². The average molecular weight is 321 g/mol. The summed E-state index contributed by atoms with van der Waals surface area (Å²) in [7, 11) is 0.